The molecular weight excluding hydrogens is 430 g/mol. The number of ether oxygens (including phenoxy) is 1. The molecule has 8 nitrogen and oxygen atoms in total. The Morgan fingerprint density at radius 2 is 1.67 bits per heavy atom. The maximum absolute atomic E-state index is 12.4. The zero-order valence-corrected chi connectivity index (χ0v) is 17.0. The van der Waals surface area contributed by atoms with Gasteiger partial charge in [-0.05, 0) is 48.5 Å². The number of carbonyl (C=O) groups is 2. The lowest BCUT2D eigenvalue weighted by atomic mass is 10.2. The number of rotatable bonds is 7. The van der Waals surface area contributed by atoms with E-state index in [0.29, 0.717) is 11.4 Å². The van der Waals surface area contributed by atoms with E-state index >= 15 is 0 Å². The number of carbonyl (C=O) groups excluding carboxylic acids is 2. The summed E-state index contributed by atoms with van der Waals surface area (Å²) in [5.74, 6) is -1.37. The summed E-state index contributed by atoms with van der Waals surface area (Å²) < 4.78 is 32.2. The second-order valence-corrected chi connectivity index (χ2v) is 8.00. The highest BCUT2D eigenvalue weighted by Crippen LogP contribution is 2.18. The van der Waals surface area contributed by atoms with Crippen LogP contribution in [0.5, 0.6) is 0 Å². The van der Waals surface area contributed by atoms with E-state index in [-0.39, 0.29) is 15.6 Å². The van der Waals surface area contributed by atoms with Crippen LogP contribution < -0.4 is 10.0 Å². The van der Waals surface area contributed by atoms with E-state index < -0.39 is 28.5 Å². The zero-order valence-electron chi connectivity index (χ0n) is 15.4. The fourth-order valence-corrected chi connectivity index (χ4v) is 3.60. The minimum atomic E-state index is -3.80. The van der Waals surface area contributed by atoms with Crippen LogP contribution in [-0.4, -0.2) is 31.9 Å². The molecule has 0 spiro atoms. The number of amides is 1. The second-order valence-electron chi connectivity index (χ2n) is 5.96. The first-order valence-corrected chi connectivity index (χ1v) is 10.5. The Morgan fingerprint density at radius 3 is 2.33 bits per heavy atom. The lowest BCUT2D eigenvalue weighted by Gasteiger charge is -2.09. The topological polar surface area (TPSA) is 114 Å². The average Bonchev–Trinajstić information content (AvgIpc) is 2.74. The van der Waals surface area contributed by atoms with E-state index in [1.54, 1.807) is 42.5 Å². The molecule has 0 saturated heterocycles. The number of esters is 1. The van der Waals surface area contributed by atoms with Gasteiger partial charge in [-0.15, -0.1) is 0 Å². The molecule has 1 amide bonds. The quantitative estimate of drug-likeness (QED) is 0.426. The van der Waals surface area contributed by atoms with Gasteiger partial charge in [-0.2, -0.15) is 0 Å². The highest BCUT2D eigenvalue weighted by atomic mass is 35.5. The smallest absolute Gasteiger partial charge is 0.338 e. The van der Waals surface area contributed by atoms with E-state index in [4.69, 9.17) is 16.3 Å². The van der Waals surface area contributed by atoms with Gasteiger partial charge in [0, 0.05) is 11.9 Å². The number of sulfonamides is 1. The molecule has 0 bridgehead atoms. The number of anilines is 2. The van der Waals surface area contributed by atoms with Crippen molar-refractivity contribution in [2.75, 3.05) is 16.6 Å². The first kappa shape index (κ1) is 21.3. The summed E-state index contributed by atoms with van der Waals surface area (Å²) in [4.78, 5) is 27.8. The molecule has 0 aliphatic carbocycles. The molecule has 1 aromatic heterocycles. The van der Waals surface area contributed by atoms with Crippen LogP contribution in [0.15, 0.2) is 77.8 Å². The van der Waals surface area contributed by atoms with Gasteiger partial charge in [-0.3, -0.25) is 9.52 Å². The van der Waals surface area contributed by atoms with Gasteiger partial charge in [0.1, 0.15) is 0 Å². The summed E-state index contributed by atoms with van der Waals surface area (Å²) in [6, 6.07) is 16.7. The number of para-hydroxylation sites is 1. The molecule has 1 heterocycles. The molecule has 0 unspecified atom stereocenters. The van der Waals surface area contributed by atoms with E-state index in [0.717, 1.165) is 0 Å². The van der Waals surface area contributed by atoms with Gasteiger partial charge in [-0.25, -0.2) is 18.2 Å². The molecule has 3 aromatic rings. The molecule has 3 rings (SSSR count). The normalized spacial score (nSPS) is 10.8. The van der Waals surface area contributed by atoms with Gasteiger partial charge in [-0.1, -0.05) is 29.8 Å². The highest BCUT2D eigenvalue weighted by molar-refractivity contribution is 7.92. The summed E-state index contributed by atoms with van der Waals surface area (Å²) >= 11 is 5.84. The molecule has 10 heteroatoms. The maximum Gasteiger partial charge on any atom is 0.338 e. The molecule has 2 aromatic carbocycles. The summed E-state index contributed by atoms with van der Waals surface area (Å²) in [7, 11) is -3.80. The molecule has 154 valence electrons. The fraction of sp³-hybridized carbons (Fsp3) is 0.0500. The molecular formula is C20H16ClN3O5S. The van der Waals surface area contributed by atoms with E-state index in [1.807, 2.05) is 0 Å². The molecule has 0 atom stereocenters. The summed E-state index contributed by atoms with van der Waals surface area (Å²) in [5, 5.41) is 2.58. The number of hydrogen-bond donors (Lipinski definition) is 2. The van der Waals surface area contributed by atoms with Crippen LogP contribution >= 0.6 is 11.6 Å². The molecule has 30 heavy (non-hydrogen) atoms. The van der Waals surface area contributed by atoms with Crippen molar-refractivity contribution in [3.05, 3.63) is 83.6 Å². The van der Waals surface area contributed by atoms with Crippen LogP contribution in [0.25, 0.3) is 0 Å². The maximum atomic E-state index is 12.4. The number of hydrogen-bond acceptors (Lipinski definition) is 6. The van der Waals surface area contributed by atoms with Crippen LogP contribution in [0.4, 0.5) is 11.4 Å². The minimum absolute atomic E-state index is 0.0214. The SMILES string of the molecule is O=C(COC(=O)c1ccc(S(=O)(=O)Nc2ccccc2)cc1)Nc1cccnc1Cl. The van der Waals surface area contributed by atoms with Gasteiger partial charge in [0.05, 0.1) is 16.1 Å². The third kappa shape index (κ3) is 5.56. The number of halogens is 1. The van der Waals surface area contributed by atoms with Gasteiger partial charge in [0.2, 0.25) is 0 Å². The average molecular weight is 446 g/mol. The van der Waals surface area contributed by atoms with Gasteiger partial charge in [0.25, 0.3) is 15.9 Å². The Labute approximate surface area is 177 Å². The standard InChI is InChI=1S/C20H16ClN3O5S/c21-19-17(7-4-12-22-19)23-18(25)13-29-20(26)14-8-10-16(11-9-14)30(27,28)24-15-5-2-1-3-6-15/h1-12,24H,13H2,(H,23,25). The third-order valence-corrected chi connectivity index (χ3v) is 5.49. The predicted molar refractivity (Wildman–Crippen MR) is 112 cm³/mol. The summed E-state index contributed by atoms with van der Waals surface area (Å²) in [6.07, 6.45) is 1.47. The van der Waals surface area contributed by atoms with E-state index in [9.17, 15) is 18.0 Å². The predicted octanol–water partition coefficient (Wildman–Crippen LogP) is 3.33. The van der Waals surface area contributed by atoms with E-state index in [1.165, 1.54) is 30.5 Å². The Kier molecular flexibility index (Phi) is 6.65. The molecule has 0 radical (unpaired) electrons. The molecule has 2 N–H and O–H groups in total. The van der Waals surface area contributed by atoms with Gasteiger partial charge < -0.3 is 10.1 Å². The van der Waals surface area contributed by atoms with Crippen molar-refractivity contribution in [3.63, 3.8) is 0 Å². The van der Waals surface area contributed by atoms with Gasteiger partial charge in [0.15, 0.2) is 11.8 Å². The Bertz CT molecular complexity index is 1150. The minimum Gasteiger partial charge on any atom is -0.452 e. The van der Waals surface area contributed by atoms with Crippen LogP contribution in [0.2, 0.25) is 5.15 Å². The number of nitrogens with zero attached hydrogens (tertiary/aromatic N) is 1. The van der Waals surface area contributed by atoms with Crippen molar-refractivity contribution in [2.45, 2.75) is 4.90 Å². The van der Waals surface area contributed by atoms with Crippen molar-refractivity contribution in [1.29, 1.82) is 0 Å². The van der Waals surface area contributed by atoms with Gasteiger partial charge >= 0.3 is 5.97 Å². The lowest BCUT2D eigenvalue weighted by Crippen LogP contribution is -2.21. The number of aromatic nitrogens is 1. The Hall–Kier alpha value is -3.43. The number of benzene rings is 2. The Balaban J connectivity index is 1.58. The number of nitrogens with one attached hydrogen (secondary N) is 2. The second kappa shape index (κ2) is 9.38. The molecule has 0 saturated carbocycles. The van der Waals surface area contributed by atoms with Crippen LogP contribution in [0.1, 0.15) is 10.4 Å². The van der Waals surface area contributed by atoms with E-state index in [2.05, 4.69) is 15.0 Å². The van der Waals surface area contributed by atoms with Crippen molar-refractivity contribution in [1.82, 2.24) is 4.98 Å². The monoisotopic (exact) mass is 445 g/mol. The van der Waals surface area contributed by atoms with Crippen LogP contribution in [0.3, 0.4) is 0 Å². The van der Waals surface area contributed by atoms with Crippen molar-refractivity contribution in [2.24, 2.45) is 0 Å². The van der Waals surface area contributed by atoms with Crippen molar-refractivity contribution in [3.8, 4) is 0 Å². The van der Waals surface area contributed by atoms with Crippen LogP contribution in [-0.2, 0) is 19.6 Å². The molecule has 0 fully saturated rings. The highest BCUT2D eigenvalue weighted by Gasteiger charge is 2.16. The Morgan fingerprint density at radius 1 is 0.967 bits per heavy atom. The fourth-order valence-electron chi connectivity index (χ4n) is 2.37. The zero-order chi connectivity index (χ0) is 21.6. The van der Waals surface area contributed by atoms with Crippen molar-refractivity contribution < 1.29 is 22.7 Å². The molecule has 0 aliphatic rings. The lowest BCUT2D eigenvalue weighted by molar-refractivity contribution is -0.119. The number of pyridine rings is 1. The first-order chi connectivity index (χ1) is 14.3. The van der Waals surface area contributed by atoms with Crippen molar-refractivity contribution >= 4 is 44.9 Å². The van der Waals surface area contributed by atoms with Crippen LogP contribution in [0, 0.1) is 0 Å². The summed E-state index contributed by atoms with van der Waals surface area (Å²) in [6.45, 7) is -0.542. The third-order valence-electron chi connectivity index (χ3n) is 3.79. The summed E-state index contributed by atoms with van der Waals surface area (Å²) in [5.41, 5.74) is 0.808. The molecule has 0 aliphatic heterocycles. The largest absolute Gasteiger partial charge is 0.452 e. The first-order valence-electron chi connectivity index (χ1n) is 8.60.